The summed E-state index contributed by atoms with van der Waals surface area (Å²) < 4.78 is 40.2. The van der Waals surface area contributed by atoms with Gasteiger partial charge >= 0.3 is 12.1 Å². The highest BCUT2D eigenvalue weighted by molar-refractivity contribution is 6.05. The molecule has 4 rings (SSSR count). The van der Waals surface area contributed by atoms with Crippen molar-refractivity contribution >= 4 is 22.8 Å². The number of carboxylic acids is 1. The predicted octanol–water partition coefficient (Wildman–Crippen LogP) is 2.43. The van der Waals surface area contributed by atoms with Crippen molar-refractivity contribution in [3.05, 3.63) is 76.0 Å². The van der Waals surface area contributed by atoms with Gasteiger partial charge in [0.05, 0.1) is 16.5 Å². The maximum absolute atomic E-state index is 12.6. The van der Waals surface area contributed by atoms with Crippen molar-refractivity contribution in [2.24, 2.45) is 5.73 Å². The monoisotopic (exact) mass is 462 g/mol. The Bertz CT molecular complexity index is 1370. The highest BCUT2D eigenvalue weighted by atomic mass is 19.4. The number of aromatic carboxylic acids is 1. The number of halogens is 3. The first-order chi connectivity index (χ1) is 15.5. The maximum atomic E-state index is 12.6. The Morgan fingerprint density at radius 1 is 1.15 bits per heavy atom. The smallest absolute Gasteiger partial charge is 0.436 e. The normalized spacial score (nSPS) is 11.2. The van der Waals surface area contributed by atoms with E-state index >= 15 is 0 Å². The lowest BCUT2D eigenvalue weighted by Crippen LogP contribution is -2.14. The van der Waals surface area contributed by atoms with Crippen LogP contribution in [0.1, 0.15) is 33.3 Å². The average molecular weight is 462 g/mol. The number of hydrogen-bond donors (Lipinski definition) is 3. The third-order valence-electron chi connectivity index (χ3n) is 4.48. The molecule has 0 unspecified atom stereocenters. The molecule has 0 fully saturated rings. The molecular weight excluding hydrogens is 445 g/mol. The molecule has 33 heavy (non-hydrogen) atoms. The van der Waals surface area contributed by atoms with Gasteiger partial charge in [-0.3, -0.25) is 19.4 Å². The number of H-pyrrole nitrogens is 1. The van der Waals surface area contributed by atoms with Crippen molar-refractivity contribution in [1.29, 1.82) is 0 Å². The van der Waals surface area contributed by atoms with E-state index < -0.39 is 29.3 Å². The van der Waals surface area contributed by atoms with E-state index in [1.807, 2.05) is 6.92 Å². The van der Waals surface area contributed by atoms with Gasteiger partial charge in [-0.1, -0.05) is 12.1 Å². The summed E-state index contributed by atoms with van der Waals surface area (Å²) in [5.74, 6) is -2.17. The van der Waals surface area contributed by atoms with Crippen LogP contribution >= 0.6 is 0 Å². The Morgan fingerprint density at radius 3 is 2.39 bits per heavy atom. The number of nitrogens with zero attached hydrogens (tertiary/aromatic N) is 4. The van der Waals surface area contributed by atoms with Gasteiger partial charge in [-0.25, -0.2) is 14.5 Å². The summed E-state index contributed by atoms with van der Waals surface area (Å²) in [6.07, 6.45) is -2.67. The van der Waals surface area contributed by atoms with Crippen LogP contribution in [-0.4, -0.2) is 41.5 Å². The number of fused-ring (bicyclic) bond motifs is 1. The second-order valence-corrected chi connectivity index (χ2v) is 6.58. The highest BCUT2D eigenvalue weighted by Crippen LogP contribution is 2.31. The minimum atomic E-state index is -4.83. The number of aryl methyl sites for hydroxylation is 1. The zero-order valence-electron chi connectivity index (χ0n) is 17.0. The molecule has 1 aromatic carbocycles. The van der Waals surface area contributed by atoms with Crippen molar-refractivity contribution in [3.63, 3.8) is 0 Å². The van der Waals surface area contributed by atoms with Gasteiger partial charge in [0, 0.05) is 18.9 Å². The first-order valence-corrected chi connectivity index (χ1v) is 9.37. The molecule has 0 aliphatic rings. The van der Waals surface area contributed by atoms with E-state index in [4.69, 9.17) is 10.8 Å². The molecule has 4 N–H and O–H groups in total. The minimum absolute atomic E-state index is 0.107. The van der Waals surface area contributed by atoms with E-state index in [1.165, 1.54) is 12.3 Å². The van der Waals surface area contributed by atoms with Crippen LogP contribution in [-0.2, 0) is 12.7 Å². The lowest BCUT2D eigenvalue weighted by molar-refractivity contribution is -0.141. The zero-order chi connectivity index (χ0) is 24.3. The van der Waals surface area contributed by atoms with Crippen molar-refractivity contribution in [2.45, 2.75) is 19.6 Å². The number of aromatic nitrogens is 5. The molecule has 10 nitrogen and oxygen atoms in total. The molecule has 1 amide bonds. The van der Waals surface area contributed by atoms with E-state index in [0.717, 1.165) is 10.9 Å². The lowest BCUT2D eigenvalue weighted by Gasteiger charge is -2.02. The van der Waals surface area contributed by atoms with Crippen LogP contribution in [0.5, 0.6) is 0 Å². The summed E-state index contributed by atoms with van der Waals surface area (Å²) in [6, 6.07) is 9.59. The summed E-state index contributed by atoms with van der Waals surface area (Å²) in [7, 11) is 0. The van der Waals surface area contributed by atoms with E-state index in [-0.39, 0.29) is 16.9 Å². The number of primary amides is 1. The number of amides is 1. The maximum Gasteiger partial charge on any atom is 0.436 e. The number of aromatic amines is 1. The van der Waals surface area contributed by atoms with Crippen LogP contribution in [0, 0.1) is 0 Å². The van der Waals surface area contributed by atoms with Crippen LogP contribution in [0.3, 0.4) is 0 Å². The number of hydrogen-bond acceptors (Lipinski definition) is 5. The molecule has 13 heteroatoms. The first-order valence-electron chi connectivity index (χ1n) is 9.37. The number of rotatable bonds is 4. The Labute approximate surface area is 183 Å². The number of carbonyl (C=O) groups excluding carboxylic acids is 1. The van der Waals surface area contributed by atoms with Crippen LogP contribution < -0.4 is 11.3 Å². The van der Waals surface area contributed by atoms with Crippen LogP contribution in [0.15, 0.2) is 53.6 Å². The van der Waals surface area contributed by atoms with Gasteiger partial charge in [0.2, 0.25) is 5.91 Å². The van der Waals surface area contributed by atoms with E-state index in [9.17, 15) is 27.6 Å². The second-order valence-electron chi connectivity index (χ2n) is 6.58. The number of nitrogens with one attached hydrogen (secondary N) is 1. The Balaban J connectivity index is 0.000000189. The summed E-state index contributed by atoms with van der Waals surface area (Å²) >= 11 is 0. The fraction of sp³-hybridized carbons (Fsp3) is 0.150. The van der Waals surface area contributed by atoms with Crippen molar-refractivity contribution < 1.29 is 27.9 Å². The van der Waals surface area contributed by atoms with Crippen LogP contribution in [0.4, 0.5) is 13.2 Å². The Morgan fingerprint density at radius 2 is 1.88 bits per heavy atom. The lowest BCUT2D eigenvalue weighted by atomic mass is 10.1. The molecule has 0 saturated carbocycles. The third-order valence-corrected chi connectivity index (χ3v) is 4.48. The van der Waals surface area contributed by atoms with Gasteiger partial charge in [0.1, 0.15) is 5.56 Å². The summed E-state index contributed by atoms with van der Waals surface area (Å²) in [4.78, 5) is 37.2. The first kappa shape index (κ1) is 23.2. The molecule has 3 aromatic heterocycles. The summed E-state index contributed by atoms with van der Waals surface area (Å²) in [6.45, 7) is 2.55. The molecule has 172 valence electrons. The van der Waals surface area contributed by atoms with E-state index in [1.54, 1.807) is 35.0 Å². The van der Waals surface area contributed by atoms with Gasteiger partial charge in [0.15, 0.2) is 11.5 Å². The number of nitrogens with two attached hydrogens (primary N) is 1. The number of alkyl halides is 3. The van der Waals surface area contributed by atoms with Crippen LogP contribution in [0.2, 0.25) is 0 Å². The molecule has 0 atom stereocenters. The quantitative estimate of drug-likeness (QED) is 0.424. The second kappa shape index (κ2) is 8.98. The SMILES string of the molecule is CCn1[nH]c(=O)c2c(C(N)=O)cccc21.O=C(O)c1cn(-c2ccccn2)nc1C(F)(F)F. The minimum Gasteiger partial charge on any atom is -0.478 e. The predicted molar refractivity (Wildman–Crippen MR) is 110 cm³/mol. The zero-order valence-corrected chi connectivity index (χ0v) is 17.0. The molecule has 4 aromatic rings. The Hall–Kier alpha value is -4.42. The largest absolute Gasteiger partial charge is 0.478 e. The number of benzene rings is 1. The van der Waals surface area contributed by atoms with Gasteiger partial charge in [-0.05, 0) is 31.2 Å². The molecular formula is C20H17F3N6O4. The molecule has 0 bridgehead atoms. The van der Waals surface area contributed by atoms with Crippen molar-refractivity contribution in [1.82, 2.24) is 24.5 Å². The van der Waals surface area contributed by atoms with Gasteiger partial charge in [0.25, 0.3) is 5.56 Å². The molecule has 0 aliphatic carbocycles. The number of pyridine rings is 1. The van der Waals surface area contributed by atoms with E-state index in [2.05, 4.69) is 15.2 Å². The number of carboxylic acid groups (broad SMARTS) is 1. The van der Waals surface area contributed by atoms with Gasteiger partial charge in [-0.15, -0.1) is 0 Å². The molecule has 0 spiro atoms. The molecule has 0 radical (unpaired) electrons. The molecule has 0 saturated heterocycles. The fourth-order valence-corrected chi connectivity index (χ4v) is 3.04. The van der Waals surface area contributed by atoms with Crippen molar-refractivity contribution in [3.8, 4) is 5.82 Å². The molecule has 3 heterocycles. The Kier molecular flexibility index (Phi) is 6.33. The van der Waals surface area contributed by atoms with E-state index in [0.29, 0.717) is 17.4 Å². The summed E-state index contributed by atoms with van der Waals surface area (Å²) in [5.41, 5.74) is 3.54. The van der Waals surface area contributed by atoms with Gasteiger partial charge < -0.3 is 10.8 Å². The average Bonchev–Trinajstić information content (AvgIpc) is 3.37. The highest BCUT2D eigenvalue weighted by Gasteiger charge is 2.39. The standard InChI is InChI=1S/C10H6F3N3O2.C10H11N3O2/c11-10(12,13)8-6(9(17)18)5-16(15-8)7-3-1-2-4-14-7;1-2-13-7-5-3-4-6(9(11)14)8(7)10(15)12-13/h1-5H,(H,17,18);3-5H,2H2,1H3,(H2,11,14)(H,12,15). The third kappa shape index (κ3) is 4.76. The summed E-state index contributed by atoms with van der Waals surface area (Å²) in [5, 5.41) is 15.0. The fourth-order valence-electron chi connectivity index (χ4n) is 3.04. The topological polar surface area (TPSA) is 149 Å². The van der Waals surface area contributed by atoms with Crippen LogP contribution in [0.25, 0.3) is 16.7 Å². The molecule has 0 aliphatic heterocycles. The number of carbonyl (C=O) groups is 2. The van der Waals surface area contributed by atoms with Crippen molar-refractivity contribution in [2.75, 3.05) is 0 Å². The van der Waals surface area contributed by atoms with Gasteiger partial charge in [-0.2, -0.15) is 18.3 Å².